The zero-order chi connectivity index (χ0) is 14.4. The lowest BCUT2D eigenvalue weighted by atomic mass is 10.1. The maximum absolute atomic E-state index is 11.9. The summed E-state index contributed by atoms with van der Waals surface area (Å²) >= 11 is 0. The highest BCUT2D eigenvalue weighted by Crippen LogP contribution is 2.18. The highest BCUT2D eigenvalue weighted by Gasteiger charge is 2.11. The summed E-state index contributed by atoms with van der Waals surface area (Å²) in [6.45, 7) is 2.34. The second-order valence-electron chi connectivity index (χ2n) is 4.04. The number of benzene rings is 1. The number of hydrogen-bond donors (Lipinski definition) is 3. The van der Waals surface area contributed by atoms with E-state index in [1.165, 1.54) is 6.20 Å². The SMILES string of the molecule is CCc1cc(C#CCN)ccc1NC(=O)c1cn[nH]n1. The van der Waals surface area contributed by atoms with Crippen molar-refractivity contribution in [2.75, 3.05) is 11.9 Å². The normalized spacial score (nSPS) is 9.70. The van der Waals surface area contributed by atoms with Gasteiger partial charge in [0, 0.05) is 11.3 Å². The summed E-state index contributed by atoms with van der Waals surface area (Å²) < 4.78 is 0. The Balaban J connectivity index is 2.21. The molecule has 2 rings (SSSR count). The number of nitrogens with one attached hydrogen (secondary N) is 2. The second kappa shape index (κ2) is 6.50. The van der Waals surface area contributed by atoms with E-state index in [1.807, 2.05) is 25.1 Å². The summed E-state index contributed by atoms with van der Waals surface area (Å²) in [4.78, 5) is 11.9. The number of H-pyrrole nitrogens is 1. The Morgan fingerprint density at radius 2 is 2.35 bits per heavy atom. The van der Waals surface area contributed by atoms with Gasteiger partial charge in [-0.05, 0) is 30.2 Å². The number of amides is 1. The van der Waals surface area contributed by atoms with Gasteiger partial charge in [-0.3, -0.25) is 4.79 Å². The van der Waals surface area contributed by atoms with E-state index in [-0.39, 0.29) is 11.6 Å². The number of carbonyl (C=O) groups is 1. The molecule has 102 valence electrons. The van der Waals surface area contributed by atoms with Crippen molar-refractivity contribution in [3.8, 4) is 11.8 Å². The van der Waals surface area contributed by atoms with Gasteiger partial charge in [0.2, 0.25) is 0 Å². The molecule has 1 amide bonds. The smallest absolute Gasteiger partial charge is 0.277 e. The third-order valence-corrected chi connectivity index (χ3v) is 2.72. The molecule has 0 spiro atoms. The van der Waals surface area contributed by atoms with Crippen molar-refractivity contribution in [2.45, 2.75) is 13.3 Å². The lowest BCUT2D eigenvalue weighted by molar-refractivity contribution is 0.102. The summed E-state index contributed by atoms with van der Waals surface area (Å²) in [5, 5.41) is 12.6. The van der Waals surface area contributed by atoms with E-state index >= 15 is 0 Å². The average molecular weight is 269 g/mol. The maximum Gasteiger partial charge on any atom is 0.277 e. The van der Waals surface area contributed by atoms with Gasteiger partial charge >= 0.3 is 0 Å². The molecule has 0 unspecified atom stereocenters. The molecule has 1 aromatic carbocycles. The molecule has 0 fully saturated rings. The Morgan fingerprint density at radius 1 is 1.50 bits per heavy atom. The van der Waals surface area contributed by atoms with Crippen LogP contribution in [0, 0.1) is 11.8 Å². The van der Waals surface area contributed by atoms with Crippen LogP contribution >= 0.6 is 0 Å². The predicted molar refractivity (Wildman–Crippen MR) is 76.1 cm³/mol. The number of aryl methyl sites for hydroxylation is 1. The van der Waals surface area contributed by atoms with Gasteiger partial charge in [0.05, 0.1) is 12.7 Å². The first-order valence-corrected chi connectivity index (χ1v) is 6.23. The Hall–Kier alpha value is -2.65. The number of nitrogens with two attached hydrogens (primary N) is 1. The lowest BCUT2D eigenvalue weighted by Crippen LogP contribution is -2.13. The minimum absolute atomic E-state index is 0.249. The Labute approximate surface area is 116 Å². The first-order valence-electron chi connectivity index (χ1n) is 6.23. The highest BCUT2D eigenvalue weighted by atomic mass is 16.2. The zero-order valence-corrected chi connectivity index (χ0v) is 11.1. The summed E-state index contributed by atoms with van der Waals surface area (Å²) in [7, 11) is 0. The van der Waals surface area contributed by atoms with Gasteiger partial charge in [0.15, 0.2) is 5.69 Å². The van der Waals surface area contributed by atoms with E-state index in [1.54, 1.807) is 0 Å². The molecule has 0 radical (unpaired) electrons. The van der Waals surface area contributed by atoms with Crippen LogP contribution < -0.4 is 11.1 Å². The monoisotopic (exact) mass is 269 g/mol. The van der Waals surface area contributed by atoms with E-state index in [0.717, 1.165) is 23.2 Å². The van der Waals surface area contributed by atoms with Gasteiger partial charge in [-0.15, -0.1) is 0 Å². The number of aromatic nitrogens is 3. The Kier molecular flexibility index (Phi) is 4.47. The third kappa shape index (κ3) is 3.22. The predicted octanol–water partition coefficient (Wildman–Crippen LogP) is 0.930. The van der Waals surface area contributed by atoms with Crippen molar-refractivity contribution in [1.29, 1.82) is 0 Å². The minimum Gasteiger partial charge on any atom is -0.320 e. The van der Waals surface area contributed by atoms with Crippen LogP contribution in [0.4, 0.5) is 5.69 Å². The molecule has 0 atom stereocenters. The molecule has 0 aliphatic carbocycles. The third-order valence-electron chi connectivity index (χ3n) is 2.72. The van der Waals surface area contributed by atoms with E-state index in [9.17, 15) is 4.79 Å². The average Bonchev–Trinajstić information content (AvgIpc) is 3.00. The van der Waals surface area contributed by atoms with Gasteiger partial charge in [-0.25, -0.2) is 0 Å². The zero-order valence-electron chi connectivity index (χ0n) is 11.1. The molecule has 0 bridgehead atoms. The van der Waals surface area contributed by atoms with Crippen LogP contribution in [0.3, 0.4) is 0 Å². The number of rotatable bonds is 3. The molecule has 0 saturated heterocycles. The standard InChI is InChI=1S/C14H15N5O/c1-2-11-8-10(4-3-7-15)5-6-12(11)17-14(20)13-9-16-19-18-13/h5-6,8-9H,2,7,15H2,1H3,(H,17,20)(H,16,18,19). The molecule has 20 heavy (non-hydrogen) atoms. The van der Waals surface area contributed by atoms with Crippen LogP contribution in [-0.2, 0) is 6.42 Å². The van der Waals surface area contributed by atoms with Crippen LogP contribution in [0.1, 0.15) is 28.5 Å². The van der Waals surface area contributed by atoms with Crippen LogP contribution in [0.15, 0.2) is 24.4 Å². The number of carbonyl (C=O) groups excluding carboxylic acids is 1. The van der Waals surface area contributed by atoms with Crippen molar-refractivity contribution < 1.29 is 4.79 Å². The summed E-state index contributed by atoms with van der Waals surface area (Å²) in [6, 6.07) is 5.62. The molecule has 4 N–H and O–H groups in total. The largest absolute Gasteiger partial charge is 0.320 e. The Morgan fingerprint density at radius 3 is 3.00 bits per heavy atom. The van der Waals surface area contributed by atoms with Crippen LogP contribution in [0.2, 0.25) is 0 Å². The van der Waals surface area contributed by atoms with Crippen molar-refractivity contribution in [2.24, 2.45) is 5.73 Å². The number of hydrogen-bond acceptors (Lipinski definition) is 4. The van der Waals surface area contributed by atoms with Crippen LogP contribution in [-0.4, -0.2) is 27.9 Å². The van der Waals surface area contributed by atoms with Crippen LogP contribution in [0.25, 0.3) is 0 Å². The van der Waals surface area contributed by atoms with Crippen molar-refractivity contribution in [3.05, 3.63) is 41.2 Å². The molecular formula is C14H15N5O. The maximum atomic E-state index is 11.9. The Bertz CT molecular complexity index is 652. The van der Waals surface area contributed by atoms with Crippen molar-refractivity contribution in [3.63, 3.8) is 0 Å². The fraction of sp³-hybridized carbons (Fsp3) is 0.214. The molecule has 0 aliphatic rings. The summed E-state index contributed by atoms with van der Waals surface area (Å²) in [5.74, 6) is 5.48. The van der Waals surface area contributed by atoms with E-state index in [4.69, 9.17) is 5.73 Å². The number of aromatic amines is 1. The fourth-order valence-corrected chi connectivity index (χ4v) is 1.74. The van der Waals surface area contributed by atoms with E-state index < -0.39 is 0 Å². The van der Waals surface area contributed by atoms with Gasteiger partial charge < -0.3 is 11.1 Å². The summed E-state index contributed by atoms with van der Waals surface area (Å²) in [6.07, 6.45) is 2.16. The van der Waals surface area contributed by atoms with Crippen molar-refractivity contribution in [1.82, 2.24) is 15.4 Å². The highest BCUT2D eigenvalue weighted by molar-refractivity contribution is 6.03. The second-order valence-corrected chi connectivity index (χ2v) is 4.04. The molecule has 0 aliphatic heterocycles. The van der Waals surface area contributed by atoms with Crippen LogP contribution in [0.5, 0.6) is 0 Å². The van der Waals surface area contributed by atoms with Crippen molar-refractivity contribution >= 4 is 11.6 Å². The molecule has 0 saturated carbocycles. The van der Waals surface area contributed by atoms with E-state index in [2.05, 4.69) is 32.6 Å². The number of anilines is 1. The fourth-order valence-electron chi connectivity index (χ4n) is 1.74. The molecular weight excluding hydrogens is 254 g/mol. The first-order chi connectivity index (χ1) is 9.74. The van der Waals surface area contributed by atoms with Gasteiger partial charge in [0.25, 0.3) is 5.91 Å². The molecule has 2 aromatic rings. The van der Waals surface area contributed by atoms with E-state index in [0.29, 0.717) is 6.54 Å². The molecule has 1 aromatic heterocycles. The minimum atomic E-state index is -0.297. The molecule has 6 nitrogen and oxygen atoms in total. The summed E-state index contributed by atoms with van der Waals surface area (Å²) in [5.41, 5.74) is 8.23. The molecule has 6 heteroatoms. The quantitative estimate of drug-likeness (QED) is 0.722. The first kappa shape index (κ1) is 13.8. The number of nitrogens with zero attached hydrogens (tertiary/aromatic N) is 2. The van der Waals surface area contributed by atoms with Gasteiger partial charge in [-0.1, -0.05) is 18.8 Å². The van der Waals surface area contributed by atoms with Gasteiger partial charge in [0.1, 0.15) is 0 Å². The lowest BCUT2D eigenvalue weighted by Gasteiger charge is -2.09. The van der Waals surface area contributed by atoms with Gasteiger partial charge in [-0.2, -0.15) is 15.4 Å². The molecule has 1 heterocycles. The topological polar surface area (TPSA) is 96.7 Å².